The molecular formula is C60H36N4. The van der Waals surface area contributed by atoms with Gasteiger partial charge in [-0.1, -0.05) is 158 Å². The third-order valence-corrected chi connectivity index (χ3v) is 13.4. The third-order valence-electron chi connectivity index (χ3n) is 13.4. The molecular weight excluding hydrogens is 777 g/mol. The van der Waals surface area contributed by atoms with Crippen LogP contribution in [0, 0.1) is 0 Å². The summed E-state index contributed by atoms with van der Waals surface area (Å²) >= 11 is 0. The highest BCUT2D eigenvalue weighted by Gasteiger charge is 2.21. The average Bonchev–Trinajstić information content (AvgIpc) is 3.87. The molecule has 14 rings (SSSR count). The van der Waals surface area contributed by atoms with Gasteiger partial charge in [-0.3, -0.25) is 0 Å². The third kappa shape index (κ3) is 5.05. The molecule has 3 aromatic heterocycles. The molecule has 0 amide bonds. The van der Waals surface area contributed by atoms with E-state index in [9.17, 15) is 0 Å². The quantitative estimate of drug-likeness (QED) is 0.166. The fourth-order valence-electron chi connectivity index (χ4n) is 10.6. The van der Waals surface area contributed by atoms with E-state index in [1.54, 1.807) is 0 Å². The number of para-hydroxylation sites is 3. The van der Waals surface area contributed by atoms with Gasteiger partial charge in [-0.2, -0.15) is 0 Å². The zero-order chi connectivity index (χ0) is 41.9. The summed E-state index contributed by atoms with van der Waals surface area (Å²) < 4.78 is 4.90. The maximum Gasteiger partial charge on any atom is 0.160 e. The van der Waals surface area contributed by atoms with E-state index in [0.717, 1.165) is 50.1 Å². The van der Waals surface area contributed by atoms with E-state index >= 15 is 0 Å². The molecule has 0 aliphatic heterocycles. The van der Waals surface area contributed by atoms with Gasteiger partial charge < -0.3 is 9.13 Å². The molecule has 11 aromatic carbocycles. The minimum atomic E-state index is 0.706. The highest BCUT2D eigenvalue weighted by atomic mass is 15.0. The van der Waals surface area contributed by atoms with Gasteiger partial charge in [-0.05, 0) is 104 Å². The molecule has 296 valence electrons. The van der Waals surface area contributed by atoms with Crippen LogP contribution in [0.4, 0.5) is 0 Å². The summed E-state index contributed by atoms with van der Waals surface area (Å²) in [6.07, 6.45) is 0. The van der Waals surface area contributed by atoms with E-state index in [1.807, 2.05) is 0 Å². The number of aromatic nitrogens is 4. The van der Waals surface area contributed by atoms with Crippen molar-refractivity contribution in [3.05, 3.63) is 218 Å². The van der Waals surface area contributed by atoms with Gasteiger partial charge in [-0.15, -0.1) is 0 Å². The molecule has 0 bridgehead atoms. The SMILES string of the molecule is c1cc(-c2nc(-c3ccc4c5ccccc5c5ccccc5c4c3)nc3ccccc23)cc(-n2c3cc4ccccc4cc3c3c(-n4c5ccccc5c5ccccc54)cccc32)c1. The summed E-state index contributed by atoms with van der Waals surface area (Å²) in [5.41, 5.74) is 10.8. The van der Waals surface area contributed by atoms with E-state index in [1.165, 1.54) is 75.7 Å². The Morgan fingerprint density at radius 2 is 0.859 bits per heavy atom. The van der Waals surface area contributed by atoms with E-state index in [-0.39, 0.29) is 0 Å². The molecule has 0 N–H and O–H groups in total. The molecule has 0 atom stereocenters. The van der Waals surface area contributed by atoms with Crippen molar-refractivity contribution >= 4 is 97.6 Å². The van der Waals surface area contributed by atoms with Crippen molar-refractivity contribution in [2.45, 2.75) is 0 Å². The van der Waals surface area contributed by atoms with E-state index in [4.69, 9.17) is 9.97 Å². The summed E-state index contributed by atoms with van der Waals surface area (Å²) in [6.45, 7) is 0. The highest BCUT2D eigenvalue weighted by Crippen LogP contribution is 2.43. The molecule has 14 aromatic rings. The number of nitrogens with zero attached hydrogens (tertiary/aromatic N) is 4. The van der Waals surface area contributed by atoms with Gasteiger partial charge in [0, 0.05) is 43.7 Å². The monoisotopic (exact) mass is 812 g/mol. The Morgan fingerprint density at radius 3 is 1.58 bits per heavy atom. The van der Waals surface area contributed by atoms with Crippen LogP contribution < -0.4 is 0 Å². The fourth-order valence-corrected chi connectivity index (χ4v) is 10.6. The first kappa shape index (κ1) is 35.0. The molecule has 0 saturated carbocycles. The number of benzene rings is 11. The van der Waals surface area contributed by atoms with Crippen molar-refractivity contribution in [1.82, 2.24) is 19.1 Å². The lowest BCUT2D eigenvalue weighted by Crippen LogP contribution is -1.98. The van der Waals surface area contributed by atoms with Gasteiger partial charge in [-0.25, -0.2) is 9.97 Å². The Hall–Kier alpha value is -8.60. The molecule has 0 unspecified atom stereocenters. The topological polar surface area (TPSA) is 35.6 Å². The van der Waals surface area contributed by atoms with Gasteiger partial charge in [0.05, 0.1) is 39.0 Å². The first-order chi connectivity index (χ1) is 31.7. The lowest BCUT2D eigenvalue weighted by atomic mass is 9.93. The lowest BCUT2D eigenvalue weighted by molar-refractivity contribution is 1.17. The van der Waals surface area contributed by atoms with Crippen LogP contribution in [0.15, 0.2) is 218 Å². The predicted octanol–water partition coefficient (Wildman–Crippen LogP) is 15.8. The van der Waals surface area contributed by atoms with Gasteiger partial charge in [0.15, 0.2) is 5.82 Å². The standard InChI is InChI=1S/C60H36N4/c1-2-16-38-36-57-51(34-37(38)15-1)58-55(29-14-30-56(58)64-53-27-11-8-23-47(53)48-24-9-12-28-54(48)64)63(57)41-18-13-17-39(33-41)59-49-25-7-10-26-52(49)61-60(62-59)40-31-32-46-44-21-4-3-19-42(44)43-20-5-6-22-45(43)50(46)35-40/h1-36H. The number of hydrogen-bond acceptors (Lipinski definition) is 2. The average molecular weight is 813 g/mol. The summed E-state index contributed by atoms with van der Waals surface area (Å²) in [6, 6.07) is 79.2. The van der Waals surface area contributed by atoms with E-state index < -0.39 is 0 Å². The maximum atomic E-state index is 5.46. The van der Waals surface area contributed by atoms with Crippen molar-refractivity contribution in [3.8, 4) is 34.0 Å². The van der Waals surface area contributed by atoms with E-state index in [2.05, 4.69) is 228 Å². The first-order valence-corrected chi connectivity index (χ1v) is 21.9. The molecule has 0 fully saturated rings. The van der Waals surface area contributed by atoms with Gasteiger partial charge >= 0.3 is 0 Å². The number of fused-ring (bicyclic) bond motifs is 14. The molecule has 3 heterocycles. The normalized spacial score (nSPS) is 12.1. The molecule has 0 aliphatic rings. The highest BCUT2D eigenvalue weighted by molar-refractivity contribution is 6.26. The van der Waals surface area contributed by atoms with Crippen LogP contribution in [0.3, 0.4) is 0 Å². The minimum absolute atomic E-state index is 0.706. The van der Waals surface area contributed by atoms with Crippen molar-refractivity contribution in [2.75, 3.05) is 0 Å². The van der Waals surface area contributed by atoms with Crippen molar-refractivity contribution in [2.24, 2.45) is 0 Å². The molecule has 64 heavy (non-hydrogen) atoms. The summed E-state index contributed by atoms with van der Waals surface area (Å²) in [4.78, 5) is 10.7. The van der Waals surface area contributed by atoms with Gasteiger partial charge in [0.1, 0.15) is 0 Å². The zero-order valence-corrected chi connectivity index (χ0v) is 34.6. The van der Waals surface area contributed by atoms with Crippen molar-refractivity contribution < 1.29 is 0 Å². The van der Waals surface area contributed by atoms with Crippen LogP contribution >= 0.6 is 0 Å². The van der Waals surface area contributed by atoms with Crippen LogP contribution in [-0.2, 0) is 0 Å². The number of rotatable bonds is 4. The van der Waals surface area contributed by atoms with Crippen molar-refractivity contribution in [3.63, 3.8) is 0 Å². The Kier molecular flexibility index (Phi) is 7.36. The first-order valence-electron chi connectivity index (χ1n) is 21.9. The summed E-state index contributed by atoms with van der Waals surface area (Å²) in [7, 11) is 0. The number of hydrogen-bond donors (Lipinski definition) is 0. The minimum Gasteiger partial charge on any atom is -0.309 e. The molecule has 0 saturated heterocycles. The molecule has 0 aliphatic carbocycles. The van der Waals surface area contributed by atoms with Crippen LogP contribution in [0.25, 0.3) is 132 Å². The Bertz CT molecular complexity index is 4180. The second-order valence-electron chi connectivity index (χ2n) is 16.9. The molecule has 4 nitrogen and oxygen atoms in total. The van der Waals surface area contributed by atoms with Crippen LogP contribution in [0.1, 0.15) is 0 Å². The fraction of sp³-hybridized carbons (Fsp3) is 0. The van der Waals surface area contributed by atoms with Crippen molar-refractivity contribution in [1.29, 1.82) is 0 Å². The molecule has 4 heteroatoms. The van der Waals surface area contributed by atoms with Crippen LogP contribution in [0.2, 0.25) is 0 Å². The van der Waals surface area contributed by atoms with Gasteiger partial charge in [0.25, 0.3) is 0 Å². The Morgan fingerprint density at radius 1 is 0.297 bits per heavy atom. The zero-order valence-electron chi connectivity index (χ0n) is 34.6. The van der Waals surface area contributed by atoms with E-state index in [0.29, 0.717) is 5.82 Å². The molecule has 0 spiro atoms. The summed E-state index contributed by atoms with van der Waals surface area (Å²) in [5.74, 6) is 0.706. The maximum absolute atomic E-state index is 5.46. The predicted molar refractivity (Wildman–Crippen MR) is 269 cm³/mol. The Balaban J connectivity index is 1.00. The van der Waals surface area contributed by atoms with Gasteiger partial charge in [0.2, 0.25) is 0 Å². The largest absolute Gasteiger partial charge is 0.309 e. The second kappa shape index (κ2) is 13.4. The Labute approximate surface area is 367 Å². The molecule has 0 radical (unpaired) electrons. The van der Waals surface area contributed by atoms with Crippen LogP contribution in [-0.4, -0.2) is 19.1 Å². The van der Waals surface area contributed by atoms with Crippen LogP contribution in [0.5, 0.6) is 0 Å². The smallest absolute Gasteiger partial charge is 0.160 e. The summed E-state index contributed by atoms with van der Waals surface area (Å²) in [5, 5.41) is 15.8. The lowest BCUT2D eigenvalue weighted by Gasteiger charge is -2.14. The second-order valence-corrected chi connectivity index (χ2v) is 16.9.